The molecule has 1 N–H and O–H groups in total. The summed E-state index contributed by atoms with van der Waals surface area (Å²) in [6.07, 6.45) is 4.16. The molecule has 1 unspecified atom stereocenters. The highest BCUT2D eigenvalue weighted by atomic mass is 16.5. The number of rotatable bonds is 4. The predicted octanol–water partition coefficient (Wildman–Crippen LogP) is 5.50. The van der Waals surface area contributed by atoms with E-state index >= 15 is 0 Å². The van der Waals surface area contributed by atoms with E-state index in [9.17, 15) is 5.11 Å². The van der Waals surface area contributed by atoms with E-state index in [1.165, 1.54) is 5.56 Å². The molecular formula is C23H25NO2. The van der Waals surface area contributed by atoms with E-state index in [1.54, 1.807) is 0 Å². The van der Waals surface area contributed by atoms with Crippen LogP contribution in [-0.4, -0.2) is 17.9 Å². The number of aromatic hydroxyl groups is 1. The molecule has 1 heterocycles. The molecule has 0 aliphatic carbocycles. The lowest BCUT2D eigenvalue weighted by molar-refractivity contribution is 0.164. The Hall–Kier alpha value is -2.68. The van der Waals surface area contributed by atoms with Crippen molar-refractivity contribution in [3.05, 3.63) is 66.2 Å². The Morgan fingerprint density at radius 1 is 1.00 bits per heavy atom. The number of hydrogen-bond acceptors (Lipinski definition) is 3. The summed E-state index contributed by atoms with van der Waals surface area (Å²) in [5.74, 6) is 1.23. The third-order valence-corrected chi connectivity index (χ3v) is 5.18. The van der Waals surface area contributed by atoms with E-state index in [0.29, 0.717) is 5.75 Å². The molecule has 1 saturated heterocycles. The van der Waals surface area contributed by atoms with E-state index in [1.807, 2.05) is 30.3 Å². The molecule has 1 fully saturated rings. The zero-order valence-corrected chi connectivity index (χ0v) is 15.2. The second-order valence-corrected chi connectivity index (χ2v) is 6.95. The molecule has 0 aromatic heterocycles. The zero-order chi connectivity index (χ0) is 17.9. The monoisotopic (exact) mass is 347 g/mol. The van der Waals surface area contributed by atoms with Gasteiger partial charge in [0.15, 0.2) is 6.23 Å². The van der Waals surface area contributed by atoms with Crippen LogP contribution in [0, 0.1) is 0 Å². The van der Waals surface area contributed by atoms with Gasteiger partial charge < -0.3 is 14.7 Å². The van der Waals surface area contributed by atoms with Crippen LogP contribution in [0.5, 0.6) is 11.5 Å². The number of anilines is 1. The zero-order valence-electron chi connectivity index (χ0n) is 15.2. The van der Waals surface area contributed by atoms with E-state index in [4.69, 9.17) is 4.74 Å². The number of phenols is 1. The third-order valence-electron chi connectivity index (χ3n) is 5.18. The molecule has 1 atom stereocenters. The van der Waals surface area contributed by atoms with Gasteiger partial charge in [0.2, 0.25) is 0 Å². The van der Waals surface area contributed by atoms with E-state index in [0.717, 1.165) is 54.4 Å². The number of benzene rings is 3. The minimum Gasteiger partial charge on any atom is -0.506 e. The molecule has 3 heteroatoms. The van der Waals surface area contributed by atoms with Gasteiger partial charge in [-0.05, 0) is 59.9 Å². The van der Waals surface area contributed by atoms with Crippen LogP contribution in [0.3, 0.4) is 0 Å². The molecule has 3 nitrogen and oxygen atoms in total. The molecule has 0 amide bonds. The number of hydrogen-bond donors (Lipinski definition) is 1. The lowest BCUT2D eigenvalue weighted by Crippen LogP contribution is -2.43. The van der Waals surface area contributed by atoms with Crippen LogP contribution in [-0.2, 0) is 6.42 Å². The fraction of sp³-hybridized carbons (Fsp3) is 0.304. The topological polar surface area (TPSA) is 32.7 Å². The van der Waals surface area contributed by atoms with Gasteiger partial charge in [0.25, 0.3) is 0 Å². The molecular weight excluding hydrogens is 322 g/mol. The van der Waals surface area contributed by atoms with Gasteiger partial charge in [-0.2, -0.15) is 0 Å². The van der Waals surface area contributed by atoms with E-state index < -0.39 is 0 Å². The largest absolute Gasteiger partial charge is 0.506 e. The predicted molar refractivity (Wildman–Crippen MR) is 107 cm³/mol. The Labute approximate surface area is 154 Å². The maximum atomic E-state index is 10.6. The summed E-state index contributed by atoms with van der Waals surface area (Å²) in [5, 5.41) is 12.8. The minimum atomic E-state index is -0.0529. The van der Waals surface area contributed by atoms with Crippen molar-refractivity contribution >= 4 is 16.5 Å². The number of nitrogens with zero attached hydrogens (tertiary/aromatic N) is 1. The van der Waals surface area contributed by atoms with Crippen molar-refractivity contribution in [2.75, 3.05) is 11.4 Å². The molecule has 0 radical (unpaired) electrons. The maximum Gasteiger partial charge on any atom is 0.172 e. The molecule has 4 rings (SSSR count). The van der Waals surface area contributed by atoms with Crippen LogP contribution in [0.2, 0.25) is 0 Å². The average Bonchev–Trinajstić information content (AvgIpc) is 2.68. The Balaban J connectivity index is 1.66. The molecule has 3 aromatic rings. The molecule has 0 spiro atoms. The number of ether oxygens (including phenoxy) is 1. The molecule has 0 saturated carbocycles. The second-order valence-electron chi connectivity index (χ2n) is 6.95. The molecule has 0 bridgehead atoms. The van der Waals surface area contributed by atoms with Gasteiger partial charge >= 0.3 is 0 Å². The van der Waals surface area contributed by atoms with Gasteiger partial charge in [-0.15, -0.1) is 0 Å². The smallest absolute Gasteiger partial charge is 0.172 e. The fourth-order valence-electron chi connectivity index (χ4n) is 3.74. The SMILES string of the molecule is CCc1cccc(OC2CCCCN2c2cc3ccccc3cc2O)c1. The summed E-state index contributed by atoms with van der Waals surface area (Å²) in [6.45, 7) is 3.04. The summed E-state index contributed by atoms with van der Waals surface area (Å²) in [6, 6.07) is 20.4. The first-order valence-electron chi connectivity index (χ1n) is 9.48. The summed E-state index contributed by atoms with van der Waals surface area (Å²) < 4.78 is 6.35. The lowest BCUT2D eigenvalue weighted by atomic mass is 10.0. The first-order chi connectivity index (χ1) is 12.7. The highest BCUT2D eigenvalue weighted by Crippen LogP contribution is 2.36. The van der Waals surface area contributed by atoms with Crippen molar-refractivity contribution in [1.82, 2.24) is 0 Å². The Kier molecular flexibility index (Phi) is 4.70. The van der Waals surface area contributed by atoms with Crippen molar-refractivity contribution in [3.8, 4) is 11.5 Å². The Morgan fingerprint density at radius 3 is 2.62 bits per heavy atom. The standard InChI is InChI=1S/C23H25NO2/c1-2-17-8-7-11-20(14-17)26-23-12-5-6-13-24(23)21-15-18-9-3-4-10-19(18)16-22(21)25/h3-4,7-11,14-16,23,25H,2,5-6,12-13H2,1H3. The van der Waals surface area contributed by atoms with Crippen LogP contribution in [0.4, 0.5) is 5.69 Å². The van der Waals surface area contributed by atoms with Gasteiger partial charge in [-0.3, -0.25) is 0 Å². The van der Waals surface area contributed by atoms with Crippen molar-refractivity contribution in [2.45, 2.75) is 38.8 Å². The van der Waals surface area contributed by atoms with Gasteiger partial charge in [0.1, 0.15) is 11.5 Å². The molecule has 1 aliphatic rings. The fourth-order valence-corrected chi connectivity index (χ4v) is 3.74. The second kappa shape index (κ2) is 7.28. The van der Waals surface area contributed by atoms with Crippen LogP contribution < -0.4 is 9.64 Å². The first kappa shape index (κ1) is 16.8. The Morgan fingerprint density at radius 2 is 1.81 bits per heavy atom. The summed E-state index contributed by atoms with van der Waals surface area (Å²) in [7, 11) is 0. The van der Waals surface area contributed by atoms with E-state index in [-0.39, 0.29) is 6.23 Å². The van der Waals surface area contributed by atoms with E-state index in [2.05, 4.69) is 42.2 Å². The average molecular weight is 347 g/mol. The molecule has 1 aliphatic heterocycles. The highest BCUT2D eigenvalue weighted by Gasteiger charge is 2.26. The van der Waals surface area contributed by atoms with Gasteiger partial charge in [-0.25, -0.2) is 0 Å². The molecule has 26 heavy (non-hydrogen) atoms. The number of aryl methyl sites for hydroxylation is 1. The van der Waals surface area contributed by atoms with Crippen LogP contribution in [0.25, 0.3) is 10.8 Å². The normalized spacial score (nSPS) is 17.4. The van der Waals surface area contributed by atoms with Crippen LogP contribution >= 0.6 is 0 Å². The quantitative estimate of drug-likeness (QED) is 0.676. The Bertz CT molecular complexity index is 906. The minimum absolute atomic E-state index is 0.0529. The van der Waals surface area contributed by atoms with Crippen LogP contribution in [0.15, 0.2) is 60.7 Å². The number of phenolic OH excluding ortho intramolecular Hbond substituents is 1. The van der Waals surface area contributed by atoms with Gasteiger partial charge in [0, 0.05) is 13.0 Å². The van der Waals surface area contributed by atoms with Crippen molar-refractivity contribution in [3.63, 3.8) is 0 Å². The summed E-state index contributed by atoms with van der Waals surface area (Å²) in [4.78, 5) is 2.21. The number of fused-ring (bicyclic) bond motifs is 1. The van der Waals surface area contributed by atoms with Crippen molar-refractivity contribution in [1.29, 1.82) is 0 Å². The molecule has 3 aromatic carbocycles. The summed E-state index contributed by atoms with van der Waals surface area (Å²) >= 11 is 0. The first-order valence-corrected chi connectivity index (χ1v) is 9.48. The maximum absolute atomic E-state index is 10.6. The summed E-state index contributed by atoms with van der Waals surface area (Å²) in [5.41, 5.74) is 2.14. The number of piperidine rings is 1. The molecule has 134 valence electrons. The third kappa shape index (κ3) is 3.34. The van der Waals surface area contributed by atoms with Gasteiger partial charge in [-0.1, -0.05) is 43.3 Å². The van der Waals surface area contributed by atoms with Crippen molar-refractivity contribution in [2.24, 2.45) is 0 Å². The van der Waals surface area contributed by atoms with Gasteiger partial charge in [0.05, 0.1) is 5.69 Å². The highest BCUT2D eigenvalue weighted by molar-refractivity contribution is 5.88. The lowest BCUT2D eigenvalue weighted by Gasteiger charge is -2.37. The van der Waals surface area contributed by atoms with Crippen molar-refractivity contribution < 1.29 is 9.84 Å². The van der Waals surface area contributed by atoms with Crippen LogP contribution in [0.1, 0.15) is 31.7 Å².